The Bertz CT molecular complexity index is 538. The van der Waals surface area contributed by atoms with E-state index in [2.05, 4.69) is 0 Å². The molecular weight excluding hydrogens is 283 g/mol. The summed E-state index contributed by atoms with van der Waals surface area (Å²) in [5, 5.41) is 0.610. The first-order valence-corrected chi connectivity index (χ1v) is 6.89. The molecule has 0 atom stereocenters. The molecule has 0 spiro atoms. The molecule has 4 heteroatoms. The van der Waals surface area contributed by atoms with Crippen LogP contribution in [0.1, 0.15) is 12.5 Å². The molecule has 0 radical (unpaired) electrons. The fraction of sp³-hybridized carbons (Fsp3) is 0.200. The molecule has 0 unspecified atom stereocenters. The van der Waals surface area contributed by atoms with Gasteiger partial charge in [0.1, 0.15) is 17.2 Å². The number of halogens is 2. The SMILES string of the molecule is CCOc1ccc(Oc2ccc(CCl)c(Cl)c2)cc1. The lowest BCUT2D eigenvalue weighted by Crippen LogP contribution is -1.91. The van der Waals surface area contributed by atoms with Gasteiger partial charge < -0.3 is 9.47 Å². The van der Waals surface area contributed by atoms with Gasteiger partial charge in [-0.05, 0) is 48.9 Å². The van der Waals surface area contributed by atoms with E-state index in [0.717, 1.165) is 17.1 Å². The van der Waals surface area contributed by atoms with Gasteiger partial charge in [0.05, 0.1) is 6.61 Å². The molecule has 0 saturated heterocycles. The maximum atomic E-state index is 6.08. The van der Waals surface area contributed by atoms with E-state index in [9.17, 15) is 0 Å². The largest absolute Gasteiger partial charge is 0.494 e. The van der Waals surface area contributed by atoms with Crippen LogP contribution in [0.3, 0.4) is 0 Å². The van der Waals surface area contributed by atoms with Crippen molar-refractivity contribution in [3.63, 3.8) is 0 Å². The van der Waals surface area contributed by atoms with Crippen molar-refractivity contribution >= 4 is 23.2 Å². The van der Waals surface area contributed by atoms with Gasteiger partial charge in [-0.25, -0.2) is 0 Å². The average Bonchev–Trinajstić information content (AvgIpc) is 2.42. The molecule has 0 amide bonds. The van der Waals surface area contributed by atoms with Crippen molar-refractivity contribution < 1.29 is 9.47 Å². The van der Waals surface area contributed by atoms with Gasteiger partial charge in [-0.3, -0.25) is 0 Å². The molecule has 2 rings (SSSR count). The van der Waals surface area contributed by atoms with Crippen molar-refractivity contribution in [2.24, 2.45) is 0 Å². The normalized spacial score (nSPS) is 10.3. The Balaban J connectivity index is 2.10. The molecule has 0 N–H and O–H groups in total. The number of rotatable bonds is 5. The Hall–Kier alpha value is -1.38. The highest BCUT2D eigenvalue weighted by Gasteiger charge is 2.03. The second-order valence-electron chi connectivity index (χ2n) is 3.89. The maximum Gasteiger partial charge on any atom is 0.128 e. The molecule has 2 nitrogen and oxygen atoms in total. The van der Waals surface area contributed by atoms with E-state index in [0.29, 0.717) is 23.3 Å². The average molecular weight is 297 g/mol. The molecule has 2 aromatic carbocycles. The molecular formula is C15H14Cl2O2. The predicted octanol–water partition coefficient (Wildman–Crippen LogP) is 5.27. The summed E-state index contributed by atoms with van der Waals surface area (Å²) < 4.78 is 11.1. The first kappa shape index (κ1) is 14.0. The van der Waals surface area contributed by atoms with E-state index in [-0.39, 0.29) is 0 Å². The number of hydrogen-bond donors (Lipinski definition) is 0. The van der Waals surface area contributed by atoms with Gasteiger partial charge in [-0.2, -0.15) is 0 Å². The zero-order valence-corrected chi connectivity index (χ0v) is 12.0. The summed E-state index contributed by atoms with van der Waals surface area (Å²) in [6.45, 7) is 2.60. The van der Waals surface area contributed by atoms with Crippen LogP contribution in [0.25, 0.3) is 0 Å². The molecule has 100 valence electrons. The number of hydrogen-bond acceptors (Lipinski definition) is 2. The minimum atomic E-state index is 0.391. The van der Waals surface area contributed by atoms with Crippen molar-refractivity contribution in [1.82, 2.24) is 0 Å². The second kappa shape index (κ2) is 6.69. The quantitative estimate of drug-likeness (QED) is 0.700. The molecule has 0 aliphatic rings. The molecule has 0 fully saturated rings. The van der Waals surface area contributed by atoms with Crippen LogP contribution in [0.5, 0.6) is 17.2 Å². The van der Waals surface area contributed by atoms with Gasteiger partial charge in [-0.15, -0.1) is 11.6 Å². The second-order valence-corrected chi connectivity index (χ2v) is 4.57. The molecule has 0 heterocycles. The fourth-order valence-corrected chi connectivity index (χ4v) is 2.15. The topological polar surface area (TPSA) is 18.5 Å². The molecule has 0 bridgehead atoms. The van der Waals surface area contributed by atoms with E-state index in [1.165, 1.54) is 0 Å². The summed E-state index contributed by atoms with van der Waals surface area (Å²) in [6, 6.07) is 12.9. The van der Waals surface area contributed by atoms with Crippen molar-refractivity contribution in [2.45, 2.75) is 12.8 Å². The summed E-state index contributed by atoms with van der Waals surface area (Å²) in [6.07, 6.45) is 0. The number of ether oxygens (including phenoxy) is 2. The zero-order valence-electron chi connectivity index (χ0n) is 10.5. The molecule has 2 aromatic rings. The fourth-order valence-electron chi connectivity index (χ4n) is 1.61. The summed E-state index contributed by atoms with van der Waals surface area (Å²) >= 11 is 11.8. The van der Waals surface area contributed by atoms with Crippen LogP contribution in [0, 0.1) is 0 Å². The summed E-state index contributed by atoms with van der Waals surface area (Å²) in [5.41, 5.74) is 0.891. The van der Waals surface area contributed by atoms with Crippen molar-refractivity contribution in [2.75, 3.05) is 6.61 Å². The van der Waals surface area contributed by atoms with Gasteiger partial charge in [0.25, 0.3) is 0 Å². The van der Waals surface area contributed by atoms with E-state index in [4.69, 9.17) is 32.7 Å². The maximum absolute atomic E-state index is 6.08. The van der Waals surface area contributed by atoms with Crippen LogP contribution in [-0.2, 0) is 5.88 Å². The van der Waals surface area contributed by atoms with Crippen LogP contribution in [0.2, 0.25) is 5.02 Å². The third-order valence-corrected chi connectivity index (χ3v) is 3.18. The summed E-state index contributed by atoms with van der Waals surface area (Å²) in [7, 11) is 0. The first-order chi connectivity index (χ1) is 9.22. The number of benzene rings is 2. The van der Waals surface area contributed by atoms with E-state index in [1.54, 1.807) is 6.07 Å². The van der Waals surface area contributed by atoms with Gasteiger partial charge in [0.15, 0.2) is 0 Å². The molecule has 0 aliphatic heterocycles. The highest BCUT2D eigenvalue weighted by atomic mass is 35.5. The Labute approximate surface area is 122 Å². The van der Waals surface area contributed by atoms with E-state index < -0.39 is 0 Å². The van der Waals surface area contributed by atoms with Crippen molar-refractivity contribution in [3.8, 4) is 17.2 Å². The van der Waals surface area contributed by atoms with Crippen LogP contribution in [0.15, 0.2) is 42.5 Å². The monoisotopic (exact) mass is 296 g/mol. The Kier molecular flexibility index (Phi) is 4.94. The minimum Gasteiger partial charge on any atom is -0.494 e. The Morgan fingerprint density at radius 1 is 0.947 bits per heavy atom. The highest BCUT2D eigenvalue weighted by molar-refractivity contribution is 6.32. The first-order valence-electron chi connectivity index (χ1n) is 5.98. The van der Waals surface area contributed by atoms with Crippen molar-refractivity contribution in [1.29, 1.82) is 0 Å². The van der Waals surface area contributed by atoms with Crippen LogP contribution >= 0.6 is 23.2 Å². The van der Waals surface area contributed by atoms with Gasteiger partial charge >= 0.3 is 0 Å². The standard InChI is InChI=1S/C15H14Cl2O2/c1-2-18-12-5-7-13(8-6-12)19-14-4-3-11(10-16)15(17)9-14/h3-9H,2,10H2,1H3. The van der Waals surface area contributed by atoms with Gasteiger partial charge in [0, 0.05) is 10.9 Å². The third kappa shape index (κ3) is 3.79. The molecule has 0 saturated carbocycles. The highest BCUT2D eigenvalue weighted by Crippen LogP contribution is 2.28. The lowest BCUT2D eigenvalue weighted by Gasteiger charge is -2.08. The predicted molar refractivity (Wildman–Crippen MR) is 78.7 cm³/mol. The third-order valence-electron chi connectivity index (χ3n) is 2.54. The minimum absolute atomic E-state index is 0.391. The number of alkyl halides is 1. The van der Waals surface area contributed by atoms with E-state index in [1.807, 2.05) is 43.3 Å². The zero-order chi connectivity index (χ0) is 13.7. The lowest BCUT2D eigenvalue weighted by atomic mass is 10.2. The molecule has 0 aromatic heterocycles. The summed E-state index contributed by atoms with van der Waals surface area (Å²) in [4.78, 5) is 0. The van der Waals surface area contributed by atoms with Crippen molar-refractivity contribution in [3.05, 3.63) is 53.1 Å². The summed E-state index contributed by atoms with van der Waals surface area (Å²) in [5.74, 6) is 2.63. The van der Waals surface area contributed by atoms with Gasteiger partial charge in [0.2, 0.25) is 0 Å². The van der Waals surface area contributed by atoms with Gasteiger partial charge in [-0.1, -0.05) is 17.7 Å². The van der Waals surface area contributed by atoms with Crippen LogP contribution < -0.4 is 9.47 Å². The van der Waals surface area contributed by atoms with Crippen LogP contribution in [0.4, 0.5) is 0 Å². The molecule has 0 aliphatic carbocycles. The van der Waals surface area contributed by atoms with Crippen LogP contribution in [-0.4, -0.2) is 6.61 Å². The Morgan fingerprint density at radius 3 is 2.16 bits per heavy atom. The Morgan fingerprint density at radius 2 is 1.58 bits per heavy atom. The smallest absolute Gasteiger partial charge is 0.128 e. The molecule has 19 heavy (non-hydrogen) atoms. The lowest BCUT2D eigenvalue weighted by molar-refractivity contribution is 0.339. The van der Waals surface area contributed by atoms with E-state index >= 15 is 0 Å².